The fourth-order valence-electron chi connectivity index (χ4n) is 2.39. The predicted octanol–water partition coefficient (Wildman–Crippen LogP) is 0.858. The van der Waals surface area contributed by atoms with Gasteiger partial charge in [0.25, 0.3) is 0 Å². The molecule has 1 aliphatic heterocycles. The van der Waals surface area contributed by atoms with Gasteiger partial charge >= 0.3 is 0 Å². The van der Waals surface area contributed by atoms with E-state index >= 15 is 0 Å². The molecule has 2 heterocycles. The molecule has 3 rings (SSSR count). The molecule has 0 bridgehead atoms. The number of aryl methyl sites for hydroxylation is 2. The van der Waals surface area contributed by atoms with Gasteiger partial charge in [0.1, 0.15) is 12.4 Å². The van der Waals surface area contributed by atoms with Gasteiger partial charge in [0, 0.05) is 12.7 Å². The summed E-state index contributed by atoms with van der Waals surface area (Å²) in [6.45, 7) is 0.398. The van der Waals surface area contributed by atoms with Crippen LogP contribution < -0.4 is 10.6 Å². The Hall–Kier alpha value is -2.37. The number of nitrogens with zero attached hydrogens (tertiary/aromatic N) is 3. The van der Waals surface area contributed by atoms with Crippen LogP contribution in [0.4, 0.5) is 5.69 Å². The molecular weight excluding hydrogens is 254 g/mol. The van der Waals surface area contributed by atoms with Crippen LogP contribution in [0.5, 0.6) is 0 Å². The van der Waals surface area contributed by atoms with Crippen molar-refractivity contribution in [2.75, 3.05) is 5.32 Å². The van der Waals surface area contributed by atoms with Crippen LogP contribution in [0, 0.1) is 0 Å². The zero-order valence-corrected chi connectivity index (χ0v) is 11.3. The molecule has 1 unspecified atom stereocenters. The third kappa shape index (κ3) is 2.49. The minimum atomic E-state index is -0.182. The lowest BCUT2D eigenvalue weighted by Crippen LogP contribution is -2.41. The number of rotatable bonds is 3. The quantitative estimate of drug-likeness (QED) is 0.868. The summed E-state index contributed by atoms with van der Waals surface area (Å²) in [6.07, 6.45) is 3.35. The number of nitrogens with one attached hydrogen (secondary N) is 2. The fourth-order valence-corrected chi connectivity index (χ4v) is 2.39. The molecule has 1 aromatic carbocycles. The lowest BCUT2D eigenvalue weighted by molar-refractivity contribution is -0.122. The van der Waals surface area contributed by atoms with Gasteiger partial charge in [0.05, 0.1) is 6.54 Å². The third-order valence-corrected chi connectivity index (χ3v) is 3.59. The Balaban J connectivity index is 1.60. The number of amides is 1. The number of fused-ring (bicyclic) bond motifs is 1. The zero-order chi connectivity index (χ0) is 13.9. The molecule has 0 radical (unpaired) electrons. The number of carbonyl (C=O) groups excluding carboxylic acids is 1. The van der Waals surface area contributed by atoms with E-state index in [1.165, 1.54) is 5.56 Å². The van der Waals surface area contributed by atoms with Gasteiger partial charge in [0.15, 0.2) is 5.82 Å². The molecule has 2 N–H and O–H groups in total. The van der Waals surface area contributed by atoms with Crippen molar-refractivity contribution in [3.05, 3.63) is 42.0 Å². The highest BCUT2D eigenvalue weighted by Gasteiger charge is 2.23. The zero-order valence-electron chi connectivity index (χ0n) is 11.3. The highest BCUT2D eigenvalue weighted by Crippen LogP contribution is 2.24. The number of carbonyl (C=O) groups is 1. The van der Waals surface area contributed by atoms with Crippen molar-refractivity contribution >= 4 is 11.6 Å². The Morgan fingerprint density at radius 1 is 1.50 bits per heavy atom. The lowest BCUT2D eigenvalue weighted by Gasteiger charge is -2.26. The molecule has 0 aliphatic carbocycles. The molecule has 1 amide bonds. The second-order valence-electron chi connectivity index (χ2n) is 4.97. The van der Waals surface area contributed by atoms with Crippen molar-refractivity contribution in [1.29, 1.82) is 0 Å². The van der Waals surface area contributed by atoms with E-state index in [-0.39, 0.29) is 11.9 Å². The largest absolute Gasteiger partial charge is 0.373 e. The number of hydrogen-bond donors (Lipinski definition) is 2. The highest BCUT2D eigenvalue weighted by molar-refractivity contribution is 5.85. The Morgan fingerprint density at radius 3 is 3.15 bits per heavy atom. The maximum Gasteiger partial charge on any atom is 0.242 e. The van der Waals surface area contributed by atoms with E-state index in [0.29, 0.717) is 6.54 Å². The predicted molar refractivity (Wildman–Crippen MR) is 75.0 cm³/mol. The Bertz CT molecular complexity index is 622. The van der Waals surface area contributed by atoms with Gasteiger partial charge < -0.3 is 15.2 Å². The van der Waals surface area contributed by atoms with E-state index in [1.54, 1.807) is 10.9 Å². The minimum Gasteiger partial charge on any atom is -0.373 e. The van der Waals surface area contributed by atoms with E-state index in [4.69, 9.17) is 0 Å². The van der Waals surface area contributed by atoms with Gasteiger partial charge in [-0.25, -0.2) is 0 Å². The minimum absolute atomic E-state index is 0.00232. The molecular formula is C14H17N5O. The van der Waals surface area contributed by atoms with Crippen LogP contribution in [0.3, 0.4) is 0 Å². The van der Waals surface area contributed by atoms with E-state index in [0.717, 1.165) is 24.4 Å². The first-order valence-electron chi connectivity index (χ1n) is 6.69. The molecule has 6 nitrogen and oxygen atoms in total. The highest BCUT2D eigenvalue weighted by atomic mass is 16.2. The number of aromatic nitrogens is 3. The first-order chi connectivity index (χ1) is 9.74. The molecule has 0 spiro atoms. The molecule has 2 aromatic rings. The maximum atomic E-state index is 12.2. The summed E-state index contributed by atoms with van der Waals surface area (Å²) in [5.41, 5.74) is 2.32. The van der Waals surface area contributed by atoms with E-state index < -0.39 is 0 Å². The second-order valence-corrected chi connectivity index (χ2v) is 4.97. The monoisotopic (exact) mass is 271 g/mol. The lowest BCUT2D eigenvalue weighted by atomic mass is 9.98. The first kappa shape index (κ1) is 12.7. The average molecular weight is 271 g/mol. The second kappa shape index (κ2) is 5.32. The van der Waals surface area contributed by atoms with E-state index in [1.807, 2.05) is 25.2 Å². The molecule has 0 fully saturated rings. The van der Waals surface area contributed by atoms with E-state index in [2.05, 4.69) is 26.9 Å². The Labute approximate surface area is 117 Å². The van der Waals surface area contributed by atoms with Crippen molar-refractivity contribution in [1.82, 2.24) is 20.1 Å². The van der Waals surface area contributed by atoms with Crippen LogP contribution in [0.2, 0.25) is 0 Å². The number of hydrogen-bond acceptors (Lipinski definition) is 4. The van der Waals surface area contributed by atoms with Crippen LogP contribution in [0.15, 0.2) is 30.6 Å². The molecule has 104 valence electrons. The van der Waals surface area contributed by atoms with Crippen LogP contribution in [-0.4, -0.2) is 26.7 Å². The topological polar surface area (TPSA) is 71.8 Å². The smallest absolute Gasteiger partial charge is 0.242 e. The molecule has 0 saturated heterocycles. The van der Waals surface area contributed by atoms with Crippen molar-refractivity contribution in [2.24, 2.45) is 7.05 Å². The Morgan fingerprint density at radius 2 is 2.35 bits per heavy atom. The van der Waals surface area contributed by atoms with Crippen molar-refractivity contribution < 1.29 is 4.79 Å². The SMILES string of the molecule is Cn1cnnc1CNC(=O)C1CCc2ccccc2N1. The summed E-state index contributed by atoms with van der Waals surface area (Å²) in [7, 11) is 1.86. The van der Waals surface area contributed by atoms with Crippen LogP contribution in [0.1, 0.15) is 17.8 Å². The van der Waals surface area contributed by atoms with Crippen molar-refractivity contribution in [3.63, 3.8) is 0 Å². The molecule has 20 heavy (non-hydrogen) atoms. The van der Waals surface area contributed by atoms with Crippen LogP contribution in [-0.2, 0) is 24.8 Å². The molecule has 1 aliphatic rings. The van der Waals surface area contributed by atoms with Gasteiger partial charge in [-0.3, -0.25) is 4.79 Å². The molecule has 6 heteroatoms. The van der Waals surface area contributed by atoms with Crippen molar-refractivity contribution in [3.8, 4) is 0 Å². The molecule has 1 aromatic heterocycles. The third-order valence-electron chi connectivity index (χ3n) is 3.59. The van der Waals surface area contributed by atoms with E-state index in [9.17, 15) is 4.79 Å². The van der Waals surface area contributed by atoms with Gasteiger partial charge in [-0.05, 0) is 24.5 Å². The average Bonchev–Trinajstić information content (AvgIpc) is 2.89. The first-order valence-corrected chi connectivity index (χ1v) is 6.69. The fraction of sp³-hybridized carbons (Fsp3) is 0.357. The number of benzene rings is 1. The summed E-state index contributed by atoms with van der Waals surface area (Å²) in [5.74, 6) is 0.747. The summed E-state index contributed by atoms with van der Waals surface area (Å²) in [4.78, 5) is 12.2. The van der Waals surface area contributed by atoms with Gasteiger partial charge in [0.2, 0.25) is 5.91 Å². The standard InChI is InChI=1S/C14H17N5O/c1-19-9-16-18-13(19)8-15-14(20)12-7-6-10-4-2-3-5-11(10)17-12/h2-5,9,12,17H,6-8H2,1H3,(H,15,20). The van der Waals surface area contributed by atoms with Gasteiger partial charge in [-0.1, -0.05) is 18.2 Å². The summed E-state index contributed by atoms with van der Waals surface area (Å²) in [6, 6.07) is 7.92. The maximum absolute atomic E-state index is 12.2. The van der Waals surface area contributed by atoms with Crippen LogP contribution >= 0.6 is 0 Å². The summed E-state index contributed by atoms with van der Waals surface area (Å²) < 4.78 is 1.80. The normalized spacial score (nSPS) is 17.1. The Kier molecular flexibility index (Phi) is 3.37. The summed E-state index contributed by atoms with van der Waals surface area (Å²) >= 11 is 0. The molecule has 1 atom stereocenters. The van der Waals surface area contributed by atoms with Gasteiger partial charge in [-0.15, -0.1) is 10.2 Å². The molecule has 0 saturated carbocycles. The van der Waals surface area contributed by atoms with Crippen molar-refractivity contribution in [2.45, 2.75) is 25.4 Å². The van der Waals surface area contributed by atoms with Gasteiger partial charge in [-0.2, -0.15) is 0 Å². The van der Waals surface area contributed by atoms with Crippen LogP contribution in [0.25, 0.3) is 0 Å². The number of para-hydroxylation sites is 1. The number of anilines is 1. The summed E-state index contributed by atoms with van der Waals surface area (Å²) in [5, 5.41) is 13.9.